The molecule has 0 saturated heterocycles. The van der Waals surface area contributed by atoms with Gasteiger partial charge in [-0.1, -0.05) is 30.3 Å². The van der Waals surface area contributed by atoms with E-state index in [4.69, 9.17) is 4.74 Å². The third kappa shape index (κ3) is 5.40. The van der Waals surface area contributed by atoms with Crippen LogP contribution in [0.25, 0.3) is 0 Å². The molecule has 0 spiro atoms. The summed E-state index contributed by atoms with van der Waals surface area (Å²) in [6.07, 6.45) is 0. The number of aryl methyl sites for hydroxylation is 1. The van der Waals surface area contributed by atoms with Gasteiger partial charge in [0.1, 0.15) is 11.5 Å². The van der Waals surface area contributed by atoms with Crippen LogP contribution in [0.3, 0.4) is 0 Å². The van der Waals surface area contributed by atoms with Crippen LogP contribution in [-0.2, 0) is 4.79 Å². The molecule has 3 aromatic carbocycles. The number of carbonyl (C=O) groups is 1. The van der Waals surface area contributed by atoms with Gasteiger partial charge in [0.15, 0.2) is 0 Å². The number of hydrogen-bond acceptors (Lipinski definition) is 3. The number of hydrogen-bond donors (Lipinski definition) is 1. The van der Waals surface area contributed by atoms with Crippen molar-refractivity contribution < 1.29 is 9.53 Å². The summed E-state index contributed by atoms with van der Waals surface area (Å²) in [6.45, 7) is 2.03. The fourth-order valence-electron chi connectivity index (χ4n) is 2.28. The number of thioether (sulfide) groups is 1. The van der Waals surface area contributed by atoms with Gasteiger partial charge in [-0.25, -0.2) is 0 Å². The average Bonchev–Trinajstić information content (AvgIpc) is 2.63. The minimum atomic E-state index is -0.0267. The van der Waals surface area contributed by atoms with Crippen molar-refractivity contribution in [3.8, 4) is 11.5 Å². The third-order valence-electron chi connectivity index (χ3n) is 3.48. The number of rotatable bonds is 6. The summed E-state index contributed by atoms with van der Waals surface area (Å²) in [7, 11) is 0. The van der Waals surface area contributed by atoms with Gasteiger partial charge in [0.25, 0.3) is 0 Å². The molecule has 0 heterocycles. The van der Waals surface area contributed by atoms with E-state index in [1.165, 1.54) is 11.8 Å². The Balaban J connectivity index is 1.52. The molecule has 0 fully saturated rings. The lowest BCUT2D eigenvalue weighted by Gasteiger charge is -2.08. The lowest BCUT2D eigenvalue weighted by molar-refractivity contribution is -0.113. The second kappa shape index (κ2) is 8.40. The van der Waals surface area contributed by atoms with Crippen molar-refractivity contribution in [2.24, 2.45) is 0 Å². The topological polar surface area (TPSA) is 38.3 Å². The Hall–Kier alpha value is -2.72. The number of amides is 1. The van der Waals surface area contributed by atoms with Crippen molar-refractivity contribution >= 4 is 23.4 Å². The standard InChI is InChI=1S/C21H19NO2S/c1-16-6-5-7-19(14-16)24-18-12-10-17(11-13-18)22-21(23)15-25-20-8-3-2-4-9-20/h2-14H,15H2,1H3,(H,22,23). The molecule has 3 aromatic rings. The van der Waals surface area contributed by atoms with Gasteiger partial charge in [0, 0.05) is 10.6 Å². The van der Waals surface area contributed by atoms with Crippen LogP contribution >= 0.6 is 11.8 Å². The van der Waals surface area contributed by atoms with Gasteiger partial charge in [0.2, 0.25) is 5.91 Å². The Morgan fingerprint density at radius 1 is 0.920 bits per heavy atom. The van der Waals surface area contributed by atoms with E-state index in [0.29, 0.717) is 5.75 Å². The maximum absolute atomic E-state index is 12.0. The van der Waals surface area contributed by atoms with E-state index < -0.39 is 0 Å². The van der Waals surface area contributed by atoms with Gasteiger partial charge < -0.3 is 10.1 Å². The highest BCUT2D eigenvalue weighted by atomic mass is 32.2. The van der Waals surface area contributed by atoms with Crippen molar-refractivity contribution in [3.05, 3.63) is 84.4 Å². The summed E-state index contributed by atoms with van der Waals surface area (Å²) in [5.74, 6) is 1.89. The molecule has 0 atom stereocenters. The number of ether oxygens (including phenoxy) is 1. The zero-order valence-electron chi connectivity index (χ0n) is 13.9. The summed E-state index contributed by atoms with van der Waals surface area (Å²) < 4.78 is 5.81. The van der Waals surface area contributed by atoms with Gasteiger partial charge in [-0.2, -0.15) is 0 Å². The highest BCUT2D eigenvalue weighted by Gasteiger charge is 2.04. The summed E-state index contributed by atoms with van der Waals surface area (Å²) in [6, 6.07) is 25.2. The Morgan fingerprint density at radius 3 is 2.40 bits per heavy atom. The minimum absolute atomic E-state index is 0.0267. The molecule has 0 aliphatic carbocycles. The lowest BCUT2D eigenvalue weighted by Crippen LogP contribution is -2.13. The highest BCUT2D eigenvalue weighted by molar-refractivity contribution is 8.00. The zero-order chi connectivity index (χ0) is 17.5. The highest BCUT2D eigenvalue weighted by Crippen LogP contribution is 2.24. The molecule has 126 valence electrons. The summed E-state index contributed by atoms with van der Waals surface area (Å²) in [5.41, 5.74) is 1.91. The number of carbonyl (C=O) groups excluding carboxylic acids is 1. The van der Waals surface area contributed by atoms with Gasteiger partial charge in [0.05, 0.1) is 5.75 Å². The molecule has 3 nitrogen and oxygen atoms in total. The lowest BCUT2D eigenvalue weighted by atomic mass is 10.2. The van der Waals surface area contributed by atoms with Gasteiger partial charge >= 0.3 is 0 Å². The van der Waals surface area contributed by atoms with Crippen LogP contribution in [0, 0.1) is 6.92 Å². The molecular formula is C21H19NO2S. The van der Waals surface area contributed by atoms with Crippen LogP contribution in [0.1, 0.15) is 5.56 Å². The van der Waals surface area contributed by atoms with Crippen LogP contribution < -0.4 is 10.1 Å². The average molecular weight is 349 g/mol. The normalized spacial score (nSPS) is 10.3. The van der Waals surface area contributed by atoms with Crippen LogP contribution in [0.5, 0.6) is 11.5 Å². The first-order valence-electron chi connectivity index (χ1n) is 8.01. The van der Waals surface area contributed by atoms with Gasteiger partial charge in [-0.3, -0.25) is 4.79 Å². The Kier molecular flexibility index (Phi) is 5.75. The maximum Gasteiger partial charge on any atom is 0.234 e. The van der Waals surface area contributed by atoms with Crippen LogP contribution in [0.2, 0.25) is 0 Å². The summed E-state index contributed by atoms with van der Waals surface area (Å²) in [5, 5.41) is 2.90. The fourth-order valence-corrected chi connectivity index (χ4v) is 3.00. The van der Waals surface area contributed by atoms with Crippen molar-refractivity contribution in [1.29, 1.82) is 0 Å². The van der Waals surface area contributed by atoms with Crippen LogP contribution in [-0.4, -0.2) is 11.7 Å². The molecule has 0 aliphatic rings. The first-order valence-corrected chi connectivity index (χ1v) is 9.00. The Morgan fingerprint density at radius 2 is 1.68 bits per heavy atom. The first kappa shape index (κ1) is 17.1. The molecule has 3 rings (SSSR count). The fraction of sp³-hybridized carbons (Fsp3) is 0.0952. The first-order chi connectivity index (χ1) is 12.2. The number of anilines is 1. The third-order valence-corrected chi connectivity index (χ3v) is 4.49. The molecular weight excluding hydrogens is 330 g/mol. The largest absolute Gasteiger partial charge is 0.457 e. The Labute approximate surface area is 152 Å². The predicted octanol–water partition coefficient (Wildman–Crippen LogP) is 5.52. The maximum atomic E-state index is 12.0. The smallest absolute Gasteiger partial charge is 0.234 e. The molecule has 4 heteroatoms. The van der Waals surface area contributed by atoms with Crippen molar-refractivity contribution in [3.63, 3.8) is 0 Å². The molecule has 25 heavy (non-hydrogen) atoms. The van der Waals surface area contributed by atoms with E-state index >= 15 is 0 Å². The van der Waals surface area contributed by atoms with Gasteiger partial charge in [-0.05, 0) is 61.0 Å². The van der Waals surface area contributed by atoms with Crippen LogP contribution in [0.15, 0.2) is 83.8 Å². The summed E-state index contributed by atoms with van der Waals surface area (Å²) >= 11 is 1.52. The molecule has 0 aliphatic heterocycles. The van der Waals surface area contributed by atoms with E-state index in [1.54, 1.807) is 0 Å². The second-order valence-electron chi connectivity index (χ2n) is 5.59. The van der Waals surface area contributed by atoms with Crippen molar-refractivity contribution in [2.45, 2.75) is 11.8 Å². The Bertz CT molecular complexity index is 832. The second-order valence-corrected chi connectivity index (χ2v) is 6.64. The SMILES string of the molecule is Cc1cccc(Oc2ccc(NC(=O)CSc3ccccc3)cc2)c1. The predicted molar refractivity (Wildman–Crippen MR) is 103 cm³/mol. The van der Waals surface area contributed by atoms with E-state index in [0.717, 1.165) is 27.6 Å². The van der Waals surface area contributed by atoms with E-state index in [9.17, 15) is 4.79 Å². The van der Waals surface area contributed by atoms with Crippen LogP contribution in [0.4, 0.5) is 5.69 Å². The molecule has 0 aromatic heterocycles. The van der Waals surface area contributed by atoms with E-state index in [1.807, 2.05) is 85.8 Å². The molecule has 0 radical (unpaired) electrons. The number of benzene rings is 3. The minimum Gasteiger partial charge on any atom is -0.457 e. The molecule has 0 unspecified atom stereocenters. The zero-order valence-corrected chi connectivity index (χ0v) is 14.8. The van der Waals surface area contributed by atoms with Crippen molar-refractivity contribution in [1.82, 2.24) is 0 Å². The van der Waals surface area contributed by atoms with E-state index in [2.05, 4.69) is 5.32 Å². The molecule has 0 bridgehead atoms. The number of nitrogens with one attached hydrogen (secondary N) is 1. The quantitative estimate of drug-likeness (QED) is 0.596. The molecule has 1 amide bonds. The monoisotopic (exact) mass is 349 g/mol. The van der Waals surface area contributed by atoms with E-state index in [-0.39, 0.29) is 5.91 Å². The molecule has 0 saturated carbocycles. The van der Waals surface area contributed by atoms with Gasteiger partial charge in [-0.15, -0.1) is 11.8 Å². The van der Waals surface area contributed by atoms with Crippen molar-refractivity contribution in [2.75, 3.05) is 11.1 Å². The molecule has 1 N–H and O–H groups in total. The summed E-state index contributed by atoms with van der Waals surface area (Å²) in [4.78, 5) is 13.1.